The standard InChI is InChI=1S/C32H22ClF4N5O2.C32H23ClF3N5O2.2CH4/c33-19-4-6-26(41-14-28(39-40-41)32(35,36)37)21(11-19)18-9-27-23-12-24(23)30(42(27)29(44)10-18)25-13-22(31(34)38-25)17-2-1-16-8-20(43)5-3-15(16)7-17;33-21-4-6-27(40-15-29(38-39-40)32(34,35)36)23(12-21)19-10-28-24-13-25(24)31(41(28)30(43)11-19)26-9-20(14-37-26)17-1-2-18-8-22(42)5-3-16(18)7-17;;/h1-2,4,6-7,9-11,14,23-24,30H,3,5,8,12-13H2;1-2,4,6-7,10-12,14-15,24-25,31H,3,5,8-9,13H2;2*1H4/t23-,24+,30+;24-,25+,31+;;/m11../s1. The molecule has 14 nitrogen and oxygen atoms in total. The average molecular weight is 1250 g/mol. The van der Waals surface area contributed by atoms with Crippen LogP contribution in [0.4, 0.5) is 30.7 Å². The number of halogens is 9. The Bertz CT molecular complexity index is 4610. The lowest BCUT2D eigenvalue weighted by Crippen LogP contribution is -2.29. The maximum Gasteiger partial charge on any atom is 0.436 e. The molecule has 454 valence electrons. The van der Waals surface area contributed by atoms with Gasteiger partial charge in [0.25, 0.3) is 11.1 Å². The van der Waals surface area contributed by atoms with Crippen molar-refractivity contribution in [3.63, 3.8) is 0 Å². The molecular formula is C66H53Cl2F7N10O4. The number of benzene rings is 4. The van der Waals surface area contributed by atoms with Crippen LogP contribution < -0.4 is 11.1 Å². The number of hydrogen-bond donors (Lipinski definition) is 0. The molecule has 4 aromatic carbocycles. The van der Waals surface area contributed by atoms with Gasteiger partial charge in [0.2, 0.25) is 5.95 Å². The Kier molecular flexibility index (Phi) is 14.5. The lowest BCUT2D eigenvalue weighted by Gasteiger charge is -2.20. The first-order valence-electron chi connectivity index (χ1n) is 28.3. The Labute approximate surface area is 513 Å². The SMILES string of the molecule is C.C.O=C1CCc2cc(C3=C(F)N=C([C@@H]4[C@H]5C[C@H]5c5cc(-c6cc(Cl)ccc6-n6cc(C(F)(F)F)nn6)cc(=O)n54)C3)ccc2C1.O=C1CCc2cc(C3=CN=C([C@@H]4[C@H]5C[C@H]5c5cc(-c6cc(Cl)ccc6-n6cc(C(F)(F)F)nn6)cc(=O)n54)C3)ccc2C1. The summed E-state index contributed by atoms with van der Waals surface area (Å²) in [4.78, 5) is 60.2. The van der Waals surface area contributed by atoms with Crippen molar-refractivity contribution in [1.82, 2.24) is 39.1 Å². The van der Waals surface area contributed by atoms with E-state index < -0.39 is 35.7 Å². The summed E-state index contributed by atoms with van der Waals surface area (Å²) in [5.74, 6) is 0.575. The summed E-state index contributed by atoms with van der Waals surface area (Å²) in [7, 11) is 0. The predicted octanol–water partition coefficient (Wildman–Crippen LogP) is 14.3. The number of alkyl halides is 6. The molecule has 0 bridgehead atoms. The summed E-state index contributed by atoms with van der Waals surface area (Å²) < 4.78 is 100. The van der Waals surface area contributed by atoms with Gasteiger partial charge in [-0.2, -0.15) is 30.7 Å². The number of carbonyl (C=O) groups excluding carboxylic acids is 2. The molecule has 0 spiro atoms. The van der Waals surface area contributed by atoms with Crippen molar-refractivity contribution >= 4 is 57.3 Å². The van der Waals surface area contributed by atoms with E-state index in [1.165, 1.54) is 29.8 Å². The second kappa shape index (κ2) is 21.8. The molecule has 2 fully saturated rings. The van der Waals surface area contributed by atoms with Gasteiger partial charge < -0.3 is 9.13 Å². The van der Waals surface area contributed by atoms with Crippen LogP contribution in [0.5, 0.6) is 0 Å². The van der Waals surface area contributed by atoms with E-state index in [0.29, 0.717) is 87.8 Å². The molecule has 4 aliphatic heterocycles. The van der Waals surface area contributed by atoms with Gasteiger partial charge in [-0.15, -0.1) is 10.2 Å². The lowest BCUT2D eigenvalue weighted by molar-refractivity contribution is -0.142. The van der Waals surface area contributed by atoms with E-state index in [0.717, 1.165) is 91.5 Å². The smallest absolute Gasteiger partial charge is 0.303 e. The number of Topliss-reactive ketones (excluding diaryl/α,β-unsaturated/α-hetero) is 2. The third-order valence-corrected chi connectivity index (χ3v) is 18.6. The molecule has 16 rings (SSSR count). The van der Waals surface area contributed by atoms with Crippen LogP contribution in [0.3, 0.4) is 0 Å². The highest BCUT2D eigenvalue weighted by Crippen LogP contribution is 2.62. The van der Waals surface area contributed by atoms with Gasteiger partial charge in [-0.05, 0) is 136 Å². The molecule has 23 heteroatoms. The molecule has 2 saturated carbocycles. The lowest BCUT2D eigenvalue weighted by atomic mass is 9.87. The van der Waals surface area contributed by atoms with E-state index in [1.807, 2.05) is 47.2 Å². The van der Waals surface area contributed by atoms with Gasteiger partial charge >= 0.3 is 12.4 Å². The van der Waals surface area contributed by atoms with Crippen molar-refractivity contribution in [1.29, 1.82) is 0 Å². The highest BCUT2D eigenvalue weighted by Gasteiger charge is 2.56. The van der Waals surface area contributed by atoms with Crippen LogP contribution in [0.1, 0.15) is 133 Å². The maximum absolute atomic E-state index is 15.3. The summed E-state index contributed by atoms with van der Waals surface area (Å²) in [6.45, 7) is 0. The zero-order chi connectivity index (χ0) is 60.1. The van der Waals surface area contributed by atoms with Crippen molar-refractivity contribution in [2.75, 3.05) is 0 Å². The first kappa shape index (κ1) is 59.3. The van der Waals surface area contributed by atoms with Crippen molar-refractivity contribution in [2.24, 2.45) is 21.8 Å². The van der Waals surface area contributed by atoms with Gasteiger partial charge in [0.05, 0.1) is 35.9 Å². The number of aryl methyl sites for hydroxylation is 2. The van der Waals surface area contributed by atoms with Gasteiger partial charge in [0, 0.05) is 118 Å². The number of rotatable bonds is 8. The number of aliphatic imine (C=N–C) groups is 2. The molecule has 8 aliphatic rings. The fourth-order valence-corrected chi connectivity index (χ4v) is 14.2. The Morgan fingerprint density at radius 2 is 0.989 bits per heavy atom. The van der Waals surface area contributed by atoms with Crippen LogP contribution >= 0.6 is 23.2 Å². The summed E-state index contributed by atoms with van der Waals surface area (Å²) in [5, 5.41) is 14.6. The van der Waals surface area contributed by atoms with Gasteiger partial charge in [-0.25, -0.2) is 14.4 Å². The number of hydrogen-bond acceptors (Lipinski definition) is 10. The monoisotopic (exact) mass is 1250 g/mol. The van der Waals surface area contributed by atoms with Gasteiger partial charge in [-0.1, -0.05) is 84.9 Å². The molecule has 8 heterocycles. The van der Waals surface area contributed by atoms with E-state index in [-0.39, 0.29) is 79.4 Å². The van der Waals surface area contributed by atoms with E-state index in [4.69, 9.17) is 28.2 Å². The van der Waals surface area contributed by atoms with E-state index in [2.05, 4.69) is 37.7 Å². The molecule has 0 saturated heterocycles. The topological polar surface area (TPSA) is 164 Å². The number of carbonyl (C=O) groups is 2. The fraction of sp³-hybridized carbons (Fsp3) is 0.303. The highest BCUT2D eigenvalue weighted by molar-refractivity contribution is 6.31. The Hall–Kier alpha value is -8.69. The highest BCUT2D eigenvalue weighted by atomic mass is 35.5. The minimum Gasteiger partial charge on any atom is -0.303 e. The van der Waals surface area contributed by atoms with Gasteiger partial charge in [0.1, 0.15) is 11.6 Å². The largest absolute Gasteiger partial charge is 0.436 e. The normalized spacial score (nSPS) is 21.7. The first-order valence-corrected chi connectivity index (χ1v) is 29.1. The minimum absolute atomic E-state index is 0. The molecule has 6 atom stereocenters. The van der Waals surface area contributed by atoms with Crippen LogP contribution in [0.2, 0.25) is 10.0 Å². The van der Waals surface area contributed by atoms with Gasteiger partial charge in [0.15, 0.2) is 11.4 Å². The Balaban J connectivity index is 0.000000160. The molecule has 4 aromatic heterocycles. The summed E-state index contributed by atoms with van der Waals surface area (Å²) in [6.07, 6.45) is 0.237. The van der Waals surface area contributed by atoms with Crippen LogP contribution in [-0.4, -0.2) is 62.1 Å². The van der Waals surface area contributed by atoms with Crippen LogP contribution in [-0.2, 0) is 47.6 Å². The number of nitrogens with zero attached hydrogens (tertiary/aromatic N) is 10. The summed E-state index contributed by atoms with van der Waals surface area (Å²) in [6, 6.07) is 27.5. The summed E-state index contributed by atoms with van der Waals surface area (Å²) >= 11 is 12.6. The number of aromatic nitrogens is 8. The average Bonchev–Trinajstić information content (AvgIpc) is 1.56. The van der Waals surface area contributed by atoms with E-state index in [1.54, 1.807) is 28.8 Å². The zero-order valence-electron chi connectivity index (χ0n) is 45.5. The second-order valence-corrected chi connectivity index (χ2v) is 24.3. The van der Waals surface area contributed by atoms with Crippen LogP contribution in [0.15, 0.2) is 141 Å². The Morgan fingerprint density at radius 1 is 0.506 bits per heavy atom. The van der Waals surface area contributed by atoms with Gasteiger partial charge in [-0.3, -0.25) is 24.2 Å². The number of ketones is 2. The molecule has 0 radical (unpaired) electrons. The van der Waals surface area contributed by atoms with Crippen molar-refractivity contribution in [3.05, 3.63) is 209 Å². The summed E-state index contributed by atoms with van der Waals surface area (Å²) in [5.41, 5.74) is 10.8. The third kappa shape index (κ3) is 10.5. The molecule has 0 unspecified atom stereocenters. The number of allylic oxidation sites excluding steroid dienone is 2. The second-order valence-electron chi connectivity index (χ2n) is 23.5. The molecule has 8 aromatic rings. The third-order valence-electron chi connectivity index (χ3n) is 18.1. The number of pyridine rings is 2. The predicted molar refractivity (Wildman–Crippen MR) is 322 cm³/mol. The van der Waals surface area contributed by atoms with Crippen LogP contribution in [0.25, 0.3) is 44.8 Å². The number of fused-ring (bicyclic) bond motifs is 8. The maximum atomic E-state index is 15.3. The van der Waals surface area contributed by atoms with E-state index >= 15 is 4.39 Å². The van der Waals surface area contributed by atoms with Crippen molar-refractivity contribution < 1.29 is 40.3 Å². The van der Waals surface area contributed by atoms with Crippen molar-refractivity contribution in [3.8, 4) is 33.6 Å². The molecule has 4 aliphatic carbocycles. The molecule has 89 heavy (non-hydrogen) atoms. The van der Waals surface area contributed by atoms with E-state index in [9.17, 15) is 45.5 Å². The van der Waals surface area contributed by atoms with Crippen molar-refractivity contribution in [2.45, 2.75) is 115 Å². The Morgan fingerprint density at radius 3 is 1.48 bits per heavy atom. The molecule has 0 amide bonds. The minimum atomic E-state index is -4.66. The zero-order valence-corrected chi connectivity index (χ0v) is 47.0. The molecule has 0 N–H and O–H groups in total. The quantitative estimate of drug-likeness (QED) is 0.107. The molecular weight excluding hydrogens is 1200 g/mol. The van der Waals surface area contributed by atoms with Crippen LogP contribution in [0, 0.1) is 11.8 Å². The first-order chi connectivity index (χ1) is 41.7. The fourth-order valence-electron chi connectivity index (χ4n) is 13.8.